The Morgan fingerprint density at radius 1 is 1.29 bits per heavy atom. The van der Waals surface area contributed by atoms with Gasteiger partial charge in [0.2, 0.25) is 0 Å². The van der Waals surface area contributed by atoms with Crippen LogP contribution in [0, 0.1) is 0 Å². The van der Waals surface area contributed by atoms with Crippen molar-refractivity contribution in [1.82, 2.24) is 14.5 Å². The van der Waals surface area contributed by atoms with Crippen LogP contribution in [0.25, 0.3) is 0 Å². The zero-order valence-corrected chi connectivity index (χ0v) is 12.8. The second kappa shape index (κ2) is 6.31. The van der Waals surface area contributed by atoms with Gasteiger partial charge >= 0.3 is 0 Å². The van der Waals surface area contributed by atoms with Crippen molar-refractivity contribution in [2.45, 2.75) is 39.0 Å². The molecule has 2 heterocycles. The van der Waals surface area contributed by atoms with Crippen LogP contribution in [0.1, 0.15) is 19.7 Å². The third kappa shape index (κ3) is 3.27. The van der Waals surface area contributed by atoms with Gasteiger partial charge in [0.05, 0.1) is 0 Å². The number of hydrogen-bond acceptors (Lipinski definition) is 3. The molecule has 0 spiro atoms. The fourth-order valence-electron chi connectivity index (χ4n) is 2.82. The number of aromatic nitrogens is 2. The van der Waals surface area contributed by atoms with Gasteiger partial charge < -0.3 is 9.30 Å². The maximum Gasteiger partial charge on any atom is 0.124 e. The molecule has 0 aliphatic carbocycles. The van der Waals surface area contributed by atoms with Crippen molar-refractivity contribution in [3.05, 3.63) is 48.5 Å². The van der Waals surface area contributed by atoms with Gasteiger partial charge in [0, 0.05) is 44.5 Å². The maximum atomic E-state index is 5.95. The molecule has 4 nitrogen and oxygen atoms in total. The van der Waals surface area contributed by atoms with Crippen LogP contribution in [0.2, 0.25) is 0 Å². The van der Waals surface area contributed by atoms with E-state index in [1.807, 2.05) is 36.5 Å². The molecule has 1 atom stereocenters. The topological polar surface area (TPSA) is 30.3 Å². The van der Waals surface area contributed by atoms with Crippen LogP contribution >= 0.6 is 0 Å². The molecule has 1 aliphatic heterocycles. The van der Waals surface area contributed by atoms with E-state index in [0.29, 0.717) is 12.1 Å². The predicted molar refractivity (Wildman–Crippen MR) is 83.5 cm³/mol. The number of imidazole rings is 1. The Morgan fingerprint density at radius 2 is 2.05 bits per heavy atom. The van der Waals surface area contributed by atoms with Gasteiger partial charge in [-0.2, -0.15) is 0 Å². The van der Waals surface area contributed by atoms with E-state index in [1.54, 1.807) is 0 Å². The smallest absolute Gasteiger partial charge is 0.124 e. The third-order valence-electron chi connectivity index (χ3n) is 4.12. The van der Waals surface area contributed by atoms with Gasteiger partial charge in [-0.1, -0.05) is 25.1 Å². The van der Waals surface area contributed by atoms with Gasteiger partial charge in [-0.3, -0.25) is 4.90 Å². The van der Waals surface area contributed by atoms with Crippen molar-refractivity contribution in [1.29, 1.82) is 0 Å². The SMILES string of the molecule is CCc1nccn1C[C@@H](C)N1CC(Oc2ccccc2)C1. The fourth-order valence-corrected chi connectivity index (χ4v) is 2.82. The van der Waals surface area contributed by atoms with Gasteiger partial charge in [0.15, 0.2) is 0 Å². The van der Waals surface area contributed by atoms with E-state index in [0.717, 1.165) is 31.8 Å². The Kier molecular flexibility index (Phi) is 4.25. The molecule has 2 aromatic rings. The number of rotatable bonds is 6. The summed E-state index contributed by atoms with van der Waals surface area (Å²) in [7, 11) is 0. The van der Waals surface area contributed by atoms with Crippen LogP contribution in [0.15, 0.2) is 42.7 Å². The van der Waals surface area contributed by atoms with Crippen LogP contribution in [0.5, 0.6) is 5.75 Å². The van der Waals surface area contributed by atoms with Gasteiger partial charge in [-0.05, 0) is 19.1 Å². The largest absolute Gasteiger partial charge is 0.488 e. The Hall–Kier alpha value is -1.81. The highest BCUT2D eigenvalue weighted by atomic mass is 16.5. The Bertz CT molecular complexity index is 560. The minimum Gasteiger partial charge on any atom is -0.488 e. The minimum atomic E-state index is 0.322. The molecule has 1 aromatic carbocycles. The number of aryl methyl sites for hydroxylation is 1. The van der Waals surface area contributed by atoms with Gasteiger partial charge in [-0.15, -0.1) is 0 Å². The lowest BCUT2D eigenvalue weighted by Crippen LogP contribution is -2.57. The van der Waals surface area contributed by atoms with E-state index in [4.69, 9.17) is 4.74 Å². The summed E-state index contributed by atoms with van der Waals surface area (Å²) in [5.41, 5.74) is 0. The van der Waals surface area contributed by atoms with E-state index >= 15 is 0 Å². The van der Waals surface area contributed by atoms with Crippen LogP contribution in [-0.4, -0.2) is 39.7 Å². The highest BCUT2D eigenvalue weighted by Crippen LogP contribution is 2.20. The highest BCUT2D eigenvalue weighted by molar-refractivity contribution is 5.21. The second-order valence-corrected chi connectivity index (χ2v) is 5.71. The number of likely N-dealkylation sites (tertiary alicyclic amines) is 1. The normalized spacial score (nSPS) is 17.4. The quantitative estimate of drug-likeness (QED) is 0.817. The molecule has 1 fully saturated rings. The minimum absolute atomic E-state index is 0.322. The van der Waals surface area contributed by atoms with E-state index < -0.39 is 0 Å². The first-order chi connectivity index (χ1) is 10.3. The molecule has 0 radical (unpaired) electrons. The second-order valence-electron chi connectivity index (χ2n) is 5.71. The van der Waals surface area contributed by atoms with Crippen LogP contribution in [-0.2, 0) is 13.0 Å². The Labute approximate surface area is 126 Å². The van der Waals surface area contributed by atoms with Crippen molar-refractivity contribution in [3.63, 3.8) is 0 Å². The number of benzene rings is 1. The zero-order valence-electron chi connectivity index (χ0n) is 12.8. The molecule has 1 aliphatic rings. The van der Waals surface area contributed by atoms with Crippen LogP contribution in [0.4, 0.5) is 0 Å². The summed E-state index contributed by atoms with van der Waals surface area (Å²) in [6.07, 6.45) is 5.28. The predicted octanol–water partition coefficient (Wildman–Crippen LogP) is 2.60. The Morgan fingerprint density at radius 3 is 2.76 bits per heavy atom. The Balaban J connectivity index is 1.47. The van der Waals surface area contributed by atoms with E-state index in [9.17, 15) is 0 Å². The molecule has 4 heteroatoms. The molecule has 112 valence electrons. The molecule has 1 aromatic heterocycles. The first-order valence-electron chi connectivity index (χ1n) is 7.72. The first-order valence-corrected chi connectivity index (χ1v) is 7.72. The summed E-state index contributed by atoms with van der Waals surface area (Å²) >= 11 is 0. The van der Waals surface area contributed by atoms with Crippen LogP contribution < -0.4 is 4.74 Å². The zero-order chi connectivity index (χ0) is 14.7. The molecule has 21 heavy (non-hydrogen) atoms. The monoisotopic (exact) mass is 285 g/mol. The number of para-hydroxylation sites is 1. The van der Waals surface area contributed by atoms with Crippen molar-refractivity contribution < 1.29 is 4.74 Å². The lowest BCUT2D eigenvalue weighted by atomic mass is 10.1. The summed E-state index contributed by atoms with van der Waals surface area (Å²) in [5, 5.41) is 0. The van der Waals surface area contributed by atoms with Crippen LogP contribution in [0.3, 0.4) is 0 Å². The van der Waals surface area contributed by atoms with Gasteiger partial charge in [-0.25, -0.2) is 4.98 Å². The fraction of sp³-hybridized carbons (Fsp3) is 0.471. The number of ether oxygens (including phenoxy) is 1. The average Bonchev–Trinajstić information content (AvgIpc) is 2.90. The van der Waals surface area contributed by atoms with E-state index in [-0.39, 0.29) is 0 Å². The van der Waals surface area contributed by atoms with E-state index in [2.05, 4.69) is 34.5 Å². The molecule has 1 saturated heterocycles. The lowest BCUT2D eigenvalue weighted by molar-refractivity contribution is -0.00878. The van der Waals surface area contributed by atoms with Crippen molar-refractivity contribution in [2.75, 3.05) is 13.1 Å². The van der Waals surface area contributed by atoms with Gasteiger partial charge in [0.1, 0.15) is 17.7 Å². The van der Waals surface area contributed by atoms with Crippen molar-refractivity contribution in [3.8, 4) is 5.75 Å². The van der Waals surface area contributed by atoms with Crippen molar-refractivity contribution in [2.24, 2.45) is 0 Å². The summed E-state index contributed by atoms with van der Waals surface area (Å²) in [6.45, 7) is 7.44. The number of hydrogen-bond donors (Lipinski definition) is 0. The van der Waals surface area contributed by atoms with Gasteiger partial charge in [0.25, 0.3) is 0 Å². The third-order valence-corrected chi connectivity index (χ3v) is 4.12. The molecular weight excluding hydrogens is 262 g/mol. The first kappa shape index (κ1) is 14.1. The molecule has 0 N–H and O–H groups in total. The standard InChI is InChI=1S/C17H23N3O/c1-3-17-18-9-10-19(17)11-14(2)20-12-16(13-20)21-15-7-5-4-6-8-15/h4-10,14,16H,3,11-13H2,1-2H3/t14-/m1/s1. The molecule has 0 amide bonds. The maximum absolute atomic E-state index is 5.95. The molecule has 0 unspecified atom stereocenters. The molecular formula is C17H23N3O. The average molecular weight is 285 g/mol. The van der Waals surface area contributed by atoms with E-state index in [1.165, 1.54) is 5.82 Å². The molecule has 0 bridgehead atoms. The number of nitrogens with zero attached hydrogens (tertiary/aromatic N) is 3. The molecule has 0 saturated carbocycles. The summed E-state index contributed by atoms with van der Waals surface area (Å²) in [5.74, 6) is 2.14. The lowest BCUT2D eigenvalue weighted by Gasteiger charge is -2.43. The highest BCUT2D eigenvalue weighted by Gasteiger charge is 2.32. The molecule has 3 rings (SSSR count). The summed E-state index contributed by atoms with van der Waals surface area (Å²) in [6, 6.07) is 10.6. The summed E-state index contributed by atoms with van der Waals surface area (Å²) in [4.78, 5) is 6.85. The van der Waals surface area contributed by atoms with Crippen molar-refractivity contribution >= 4 is 0 Å². The summed E-state index contributed by atoms with van der Waals surface area (Å²) < 4.78 is 8.21.